The van der Waals surface area contributed by atoms with Crippen LogP contribution in [0.5, 0.6) is 0 Å². The Morgan fingerprint density at radius 3 is 2.46 bits per heavy atom. The zero-order valence-corrected chi connectivity index (χ0v) is 8.78. The van der Waals surface area contributed by atoms with Crippen LogP contribution in [0.25, 0.3) is 0 Å². The molecule has 0 saturated heterocycles. The zero-order chi connectivity index (χ0) is 9.84. The molecule has 13 heavy (non-hydrogen) atoms. The Hall–Kier alpha value is -0.440. The lowest BCUT2D eigenvalue weighted by molar-refractivity contribution is 0.282. The molecule has 0 aliphatic rings. The summed E-state index contributed by atoms with van der Waals surface area (Å²) in [6, 6.07) is 3.39. The summed E-state index contributed by atoms with van der Waals surface area (Å²) in [7, 11) is 0. The molecule has 1 aromatic rings. The third-order valence-corrected chi connectivity index (χ3v) is 2.41. The number of hydrogen-bond acceptors (Lipinski definition) is 2. The normalized spacial score (nSPS) is 10.2. The van der Waals surface area contributed by atoms with Crippen LogP contribution < -0.4 is 5.32 Å². The van der Waals surface area contributed by atoms with Gasteiger partial charge in [-0.15, -0.1) is 0 Å². The van der Waals surface area contributed by atoms with Crippen molar-refractivity contribution in [1.82, 2.24) is 0 Å². The molecule has 72 valence electrons. The highest BCUT2D eigenvalue weighted by Gasteiger charge is 2.05. The first-order chi connectivity index (χ1) is 6.19. The Kier molecular flexibility index (Phi) is 3.85. The predicted octanol–water partition coefficient (Wildman–Crippen LogP) is 2.92. The van der Waals surface area contributed by atoms with Crippen molar-refractivity contribution in [3.8, 4) is 0 Å². The highest BCUT2D eigenvalue weighted by atomic mass is 35.5. The van der Waals surface area contributed by atoms with Gasteiger partial charge in [0.2, 0.25) is 0 Å². The SMILES string of the molecule is CCNc1cc(Cl)c(Cl)cc1CO. The van der Waals surface area contributed by atoms with E-state index in [9.17, 15) is 0 Å². The van der Waals surface area contributed by atoms with Gasteiger partial charge in [0.25, 0.3) is 0 Å². The Labute approximate surface area is 87.5 Å². The van der Waals surface area contributed by atoms with Gasteiger partial charge in [0, 0.05) is 17.8 Å². The van der Waals surface area contributed by atoms with Crippen molar-refractivity contribution in [3.63, 3.8) is 0 Å². The molecule has 0 aromatic heterocycles. The van der Waals surface area contributed by atoms with E-state index in [0.717, 1.165) is 17.8 Å². The number of benzene rings is 1. The number of rotatable bonds is 3. The van der Waals surface area contributed by atoms with E-state index in [0.29, 0.717) is 10.0 Å². The molecule has 0 heterocycles. The van der Waals surface area contributed by atoms with Crippen LogP contribution in [-0.4, -0.2) is 11.7 Å². The van der Waals surface area contributed by atoms with Crippen molar-refractivity contribution in [2.24, 2.45) is 0 Å². The second-order valence-corrected chi connectivity index (χ2v) is 3.43. The fourth-order valence-corrected chi connectivity index (χ4v) is 1.42. The third-order valence-electron chi connectivity index (χ3n) is 1.68. The molecular weight excluding hydrogens is 209 g/mol. The van der Waals surface area contributed by atoms with E-state index in [2.05, 4.69) is 5.32 Å². The van der Waals surface area contributed by atoms with Crippen molar-refractivity contribution < 1.29 is 5.11 Å². The molecular formula is C9H11Cl2NO. The summed E-state index contributed by atoms with van der Waals surface area (Å²) in [5.41, 5.74) is 1.59. The van der Waals surface area contributed by atoms with E-state index in [4.69, 9.17) is 28.3 Å². The predicted molar refractivity (Wildman–Crippen MR) is 56.5 cm³/mol. The Balaban J connectivity index is 3.09. The summed E-state index contributed by atoms with van der Waals surface area (Å²) in [5.74, 6) is 0. The molecule has 0 atom stereocenters. The van der Waals surface area contributed by atoms with Crippen molar-refractivity contribution in [1.29, 1.82) is 0 Å². The fraction of sp³-hybridized carbons (Fsp3) is 0.333. The maximum absolute atomic E-state index is 9.02. The quantitative estimate of drug-likeness (QED) is 0.820. The number of aliphatic hydroxyl groups is 1. The van der Waals surface area contributed by atoms with Gasteiger partial charge >= 0.3 is 0 Å². The average molecular weight is 220 g/mol. The molecule has 0 saturated carbocycles. The van der Waals surface area contributed by atoms with Crippen LogP contribution in [0.2, 0.25) is 10.0 Å². The Morgan fingerprint density at radius 2 is 1.92 bits per heavy atom. The molecule has 1 aromatic carbocycles. The molecule has 0 spiro atoms. The van der Waals surface area contributed by atoms with E-state index in [1.165, 1.54) is 0 Å². The van der Waals surface area contributed by atoms with Crippen molar-refractivity contribution in [2.45, 2.75) is 13.5 Å². The summed E-state index contributed by atoms with van der Waals surface area (Å²) in [5, 5.41) is 13.1. The Morgan fingerprint density at radius 1 is 1.31 bits per heavy atom. The van der Waals surface area contributed by atoms with Crippen LogP contribution >= 0.6 is 23.2 Å². The van der Waals surface area contributed by atoms with Crippen molar-refractivity contribution >= 4 is 28.9 Å². The van der Waals surface area contributed by atoms with Crippen LogP contribution in [0.3, 0.4) is 0 Å². The lowest BCUT2D eigenvalue weighted by atomic mass is 10.2. The highest BCUT2D eigenvalue weighted by molar-refractivity contribution is 6.42. The van der Waals surface area contributed by atoms with Crippen LogP contribution in [0, 0.1) is 0 Å². The van der Waals surface area contributed by atoms with Gasteiger partial charge in [-0.1, -0.05) is 23.2 Å². The number of halogens is 2. The largest absolute Gasteiger partial charge is 0.392 e. The summed E-state index contributed by atoms with van der Waals surface area (Å²) in [4.78, 5) is 0. The van der Waals surface area contributed by atoms with Crippen LogP contribution in [0.1, 0.15) is 12.5 Å². The monoisotopic (exact) mass is 219 g/mol. The molecule has 0 fully saturated rings. The van der Waals surface area contributed by atoms with E-state index in [1.807, 2.05) is 6.92 Å². The topological polar surface area (TPSA) is 32.3 Å². The molecule has 1 rings (SSSR count). The average Bonchev–Trinajstić information content (AvgIpc) is 2.11. The minimum Gasteiger partial charge on any atom is -0.392 e. The molecule has 0 radical (unpaired) electrons. The first-order valence-electron chi connectivity index (χ1n) is 4.01. The van der Waals surface area contributed by atoms with Crippen LogP contribution in [0.4, 0.5) is 5.69 Å². The summed E-state index contributed by atoms with van der Waals surface area (Å²) < 4.78 is 0. The van der Waals surface area contributed by atoms with E-state index >= 15 is 0 Å². The maximum atomic E-state index is 9.02. The summed E-state index contributed by atoms with van der Waals surface area (Å²) >= 11 is 11.6. The smallest absolute Gasteiger partial charge is 0.0702 e. The van der Waals surface area contributed by atoms with Crippen LogP contribution in [-0.2, 0) is 6.61 Å². The van der Waals surface area contributed by atoms with Gasteiger partial charge in [-0.05, 0) is 19.1 Å². The molecule has 4 heteroatoms. The van der Waals surface area contributed by atoms with E-state index in [-0.39, 0.29) is 6.61 Å². The molecule has 0 aliphatic heterocycles. The first-order valence-corrected chi connectivity index (χ1v) is 4.77. The molecule has 0 unspecified atom stereocenters. The summed E-state index contributed by atoms with van der Waals surface area (Å²) in [6.45, 7) is 2.72. The highest BCUT2D eigenvalue weighted by Crippen LogP contribution is 2.28. The second kappa shape index (κ2) is 4.70. The standard InChI is InChI=1S/C9H11Cl2NO/c1-2-12-9-4-8(11)7(10)3-6(9)5-13/h3-4,12-13H,2,5H2,1H3. The van der Waals surface area contributed by atoms with Gasteiger partial charge < -0.3 is 10.4 Å². The van der Waals surface area contributed by atoms with Gasteiger partial charge in [-0.3, -0.25) is 0 Å². The summed E-state index contributed by atoms with van der Waals surface area (Å²) in [6.07, 6.45) is 0. The van der Waals surface area contributed by atoms with Crippen molar-refractivity contribution in [3.05, 3.63) is 27.7 Å². The molecule has 2 N–H and O–H groups in total. The van der Waals surface area contributed by atoms with Gasteiger partial charge in [0.15, 0.2) is 0 Å². The van der Waals surface area contributed by atoms with Crippen molar-refractivity contribution in [2.75, 3.05) is 11.9 Å². The maximum Gasteiger partial charge on any atom is 0.0702 e. The second-order valence-electron chi connectivity index (χ2n) is 2.61. The van der Waals surface area contributed by atoms with Gasteiger partial charge in [-0.25, -0.2) is 0 Å². The minimum absolute atomic E-state index is 0.0424. The number of nitrogens with one attached hydrogen (secondary N) is 1. The number of anilines is 1. The third kappa shape index (κ3) is 2.50. The number of hydrogen-bond donors (Lipinski definition) is 2. The minimum atomic E-state index is -0.0424. The molecule has 2 nitrogen and oxygen atoms in total. The zero-order valence-electron chi connectivity index (χ0n) is 7.27. The molecule has 0 aliphatic carbocycles. The van der Waals surface area contributed by atoms with E-state index in [1.54, 1.807) is 12.1 Å². The number of aliphatic hydroxyl groups excluding tert-OH is 1. The lowest BCUT2D eigenvalue weighted by Crippen LogP contribution is -2.00. The van der Waals surface area contributed by atoms with Gasteiger partial charge in [0.1, 0.15) is 0 Å². The van der Waals surface area contributed by atoms with Gasteiger partial charge in [0.05, 0.1) is 16.7 Å². The van der Waals surface area contributed by atoms with E-state index < -0.39 is 0 Å². The Bertz CT molecular complexity index is 302. The van der Waals surface area contributed by atoms with Gasteiger partial charge in [-0.2, -0.15) is 0 Å². The fourth-order valence-electron chi connectivity index (χ4n) is 1.07. The lowest BCUT2D eigenvalue weighted by Gasteiger charge is -2.10. The molecule has 0 bridgehead atoms. The molecule has 0 amide bonds. The first kappa shape index (κ1) is 10.6. The van der Waals surface area contributed by atoms with Crippen LogP contribution in [0.15, 0.2) is 12.1 Å².